The van der Waals surface area contributed by atoms with Crippen molar-refractivity contribution < 1.29 is 22.4 Å². The number of sulfonamides is 1. The van der Waals surface area contributed by atoms with Crippen LogP contribution in [0, 0.1) is 0 Å². The van der Waals surface area contributed by atoms with Gasteiger partial charge in [0.15, 0.2) is 0 Å². The number of rotatable bonds is 6. The Labute approximate surface area is 171 Å². The van der Waals surface area contributed by atoms with Gasteiger partial charge in [0, 0.05) is 5.69 Å². The number of nitrogens with one attached hydrogen (secondary N) is 2. The minimum Gasteiger partial charge on any atom is -0.495 e. The number of benzene rings is 2. The van der Waals surface area contributed by atoms with Gasteiger partial charge in [-0.25, -0.2) is 8.42 Å². The summed E-state index contributed by atoms with van der Waals surface area (Å²) in [6, 6.07) is 10.00. The van der Waals surface area contributed by atoms with Crippen molar-refractivity contribution in [2.45, 2.75) is 4.90 Å². The lowest BCUT2D eigenvalue weighted by molar-refractivity contribution is 0.102. The lowest BCUT2D eigenvalue weighted by atomic mass is 10.2. The fourth-order valence-electron chi connectivity index (χ4n) is 2.31. The smallest absolute Gasteiger partial charge is 0.262 e. The van der Waals surface area contributed by atoms with Crippen LogP contribution in [0.3, 0.4) is 0 Å². The van der Waals surface area contributed by atoms with Crippen LogP contribution in [-0.2, 0) is 10.0 Å². The fourth-order valence-corrected chi connectivity index (χ4v) is 3.76. The molecule has 0 saturated heterocycles. The summed E-state index contributed by atoms with van der Waals surface area (Å²) in [5.41, 5.74) is 0.825. The topological polar surface area (TPSA) is 97.6 Å². The molecule has 0 fully saturated rings. The van der Waals surface area contributed by atoms with Crippen LogP contribution in [0.2, 0.25) is 10.0 Å². The SMILES string of the molecule is COc1ccc(NC(=O)c2ccoc2)cc1NS(=O)(=O)c1ccc(Cl)c(Cl)c1. The van der Waals surface area contributed by atoms with E-state index in [0.29, 0.717) is 11.3 Å². The Bertz CT molecular complexity index is 1120. The molecule has 0 aliphatic heterocycles. The summed E-state index contributed by atoms with van der Waals surface area (Å²) in [6.45, 7) is 0. The highest BCUT2D eigenvalue weighted by atomic mass is 35.5. The predicted molar refractivity (Wildman–Crippen MR) is 107 cm³/mol. The molecule has 3 aromatic rings. The van der Waals surface area contributed by atoms with Crippen LogP contribution in [0.4, 0.5) is 11.4 Å². The van der Waals surface area contributed by atoms with Gasteiger partial charge in [-0.1, -0.05) is 23.2 Å². The van der Waals surface area contributed by atoms with Crippen molar-refractivity contribution in [1.82, 2.24) is 0 Å². The second-order valence-electron chi connectivity index (χ2n) is 5.56. The van der Waals surface area contributed by atoms with Crippen molar-refractivity contribution in [2.24, 2.45) is 0 Å². The summed E-state index contributed by atoms with van der Waals surface area (Å²) in [6.07, 6.45) is 2.67. The maximum Gasteiger partial charge on any atom is 0.262 e. The second-order valence-corrected chi connectivity index (χ2v) is 8.06. The predicted octanol–water partition coefficient (Wildman–Crippen LogP) is 4.65. The molecule has 1 aromatic heterocycles. The van der Waals surface area contributed by atoms with Gasteiger partial charge in [0.2, 0.25) is 0 Å². The first-order chi connectivity index (χ1) is 13.3. The second kappa shape index (κ2) is 8.14. The van der Waals surface area contributed by atoms with Crippen LogP contribution in [0.1, 0.15) is 10.4 Å². The minimum absolute atomic E-state index is 0.0724. The first-order valence-corrected chi connectivity index (χ1v) is 10.0. The molecule has 146 valence electrons. The molecule has 1 heterocycles. The van der Waals surface area contributed by atoms with E-state index in [-0.39, 0.29) is 26.4 Å². The van der Waals surface area contributed by atoms with Gasteiger partial charge in [-0.2, -0.15) is 0 Å². The number of anilines is 2. The number of hydrogen-bond acceptors (Lipinski definition) is 5. The zero-order valence-corrected chi connectivity index (χ0v) is 16.7. The molecular weight excluding hydrogens is 427 g/mol. The Kier molecular flexibility index (Phi) is 5.83. The molecule has 0 saturated carbocycles. The molecule has 0 aliphatic rings. The average molecular weight is 441 g/mol. The Morgan fingerprint density at radius 2 is 1.86 bits per heavy atom. The van der Waals surface area contributed by atoms with Crippen molar-refractivity contribution >= 4 is 50.5 Å². The maximum absolute atomic E-state index is 12.7. The third kappa shape index (κ3) is 4.41. The number of carbonyl (C=O) groups excluding carboxylic acids is 1. The van der Waals surface area contributed by atoms with Gasteiger partial charge in [-0.3, -0.25) is 9.52 Å². The van der Waals surface area contributed by atoms with E-state index >= 15 is 0 Å². The molecule has 0 bridgehead atoms. The monoisotopic (exact) mass is 440 g/mol. The quantitative estimate of drug-likeness (QED) is 0.581. The van der Waals surface area contributed by atoms with E-state index in [9.17, 15) is 13.2 Å². The van der Waals surface area contributed by atoms with E-state index in [2.05, 4.69) is 10.0 Å². The van der Waals surface area contributed by atoms with Crippen LogP contribution in [0.25, 0.3) is 0 Å². The van der Waals surface area contributed by atoms with Gasteiger partial charge in [-0.05, 0) is 42.5 Å². The maximum atomic E-state index is 12.7. The molecule has 1 amide bonds. The Morgan fingerprint density at radius 3 is 2.50 bits per heavy atom. The summed E-state index contributed by atoms with van der Waals surface area (Å²) < 4.78 is 37.9. The van der Waals surface area contributed by atoms with Gasteiger partial charge >= 0.3 is 0 Å². The van der Waals surface area contributed by atoms with E-state index in [1.54, 1.807) is 6.07 Å². The molecule has 0 aliphatic carbocycles. The number of ether oxygens (including phenoxy) is 1. The molecule has 0 unspecified atom stereocenters. The first-order valence-electron chi connectivity index (χ1n) is 7.79. The van der Waals surface area contributed by atoms with Crippen molar-refractivity contribution in [2.75, 3.05) is 17.1 Å². The molecule has 0 radical (unpaired) electrons. The van der Waals surface area contributed by atoms with E-state index in [4.69, 9.17) is 32.4 Å². The Morgan fingerprint density at radius 1 is 1.07 bits per heavy atom. The molecule has 7 nitrogen and oxygen atoms in total. The Hall–Kier alpha value is -2.68. The van der Waals surface area contributed by atoms with Crippen LogP contribution in [0.15, 0.2) is 64.3 Å². The molecule has 3 rings (SSSR count). The normalized spacial score (nSPS) is 11.1. The summed E-state index contributed by atoms with van der Waals surface area (Å²) in [5.74, 6) is -0.137. The van der Waals surface area contributed by atoms with Gasteiger partial charge in [0.25, 0.3) is 15.9 Å². The highest BCUT2D eigenvalue weighted by Crippen LogP contribution is 2.31. The molecular formula is C18H14Cl2N2O5S. The lowest BCUT2D eigenvalue weighted by Gasteiger charge is -2.14. The molecule has 2 N–H and O–H groups in total. The zero-order chi connectivity index (χ0) is 20.3. The van der Waals surface area contributed by atoms with Crippen molar-refractivity contribution in [3.63, 3.8) is 0 Å². The van der Waals surface area contributed by atoms with Gasteiger partial charge in [0.1, 0.15) is 12.0 Å². The van der Waals surface area contributed by atoms with Crippen molar-refractivity contribution in [3.05, 3.63) is 70.6 Å². The summed E-state index contributed by atoms with van der Waals surface area (Å²) in [5, 5.41) is 3.00. The van der Waals surface area contributed by atoms with Crippen LogP contribution >= 0.6 is 23.2 Å². The molecule has 0 atom stereocenters. The van der Waals surface area contributed by atoms with Crippen molar-refractivity contribution in [3.8, 4) is 5.75 Å². The fraction of sp³-hybridized carbons (Fsp3) is 0.0556. The molecule has 28 heavy (non-hydrogen) atoms. The number of methoxy groups -OCH3 is 1. The Balaban J connectivity index is 1.89. The summed E-state index contributed by atoms with van der Waals surface area (Å²) in [4.78, 5) is 12.1. The molecule has 10 heteroatoms. The van der Waals surface area contributed by atoms with E-state index in [0.717, 1.165) is 0 Å². The number of amides is 1. The molecule has 0 spiro atoms. The number of carbonyl (C=O) groups is 1. The van der Waals surface area contributed by atoms with Crippen molar-refractivity contribution in [1.29, 1.82) is 0 Å². The van der Waals surface area contributed by atoms with Gasteiger partial charge in [-0.15, -0.1) is 0 Å². The van der Waals surface area contributed by atoms with Gasteiger partial charge < -0.3 is 14.5 Å². The first kappa shape index (κ1) is 20.1. The minimum atomic E-state index is -3.97. The van der Waals surface area contributed by atoms with E-state index < -0.39 is 15.9 Å². The number of halogens is 2. The van der Waals surface area contributed by atoms with Crippen LogP contribution in [-0.4, -0.2) is 21.4 Å². The van der Waals surface area contributed by atoms with Gasteiger partial charge in [0.05, 0.1) is 39.6 Å². The standard InChI is InChI=1S/C18H14Cl2N2O5S/c1-26-17-5-2-12(21-18(23)11-6-7-27-10-11)8-16(17)22-28(24,25)13-3-4-14(19)15(20)9-13/h2-10,22H,1H3,(H,21,23). The van der Waals surface area contributed by atoms with Crippen LogP contribution in [0.5, 0.6) is 5.75 Å². The number of hydrogen-bond donors (Lipinski definition) is 2. The van der Waals surface area contributed by atoms with E-state index in [1.807, 2.05) is 0 Å². The third-order valence-electron chi connectivity index (χ3n) is 3.69. The summed E-state index contributed by atoms with van der Waals surface area (Å²) >= 11 is 11.7. The third-order valence-corrected chi connectivity index (χ3v) is 5.79. The lowest BCUT2D eigenvalue weighted by Crippen LogP contribution is -2.15. The van der Waals surface area contributed by atoms with E-state index in [1.165, 1.54) is 56.0 Å². The average Bonchev–Trinajstić information content (AvgIpc) is 3.19. The summed E-state index contributed by atoms with van der Waals surface area (Å²) in [7, 11) is -2.58. The van der Waals surface area contributed by atoms with Crippen LogP contribution < -0.4 is 14.8 Å². The largest absolute Gasteiger partial charge is 0.495 e. The molecule has 2 aromatic carbocycles. The highest BCUT2D eigenvalue weighted by molar-refractivity contribution is 7.92. The highest BCUT2D eigenvalue weighted by Gasteiger charge is 2.19. The number of furan rings is 1. The zero-order valence-electron chi connectivity index (χ0n) is 14.4.